The zero-order valence-corrected chi connectivity index (χ0v) is 12.4. The molecule has 114 valence electrons. The Morgan fingerprint density at radius 1 is 1.33 bits per heavy atom. The van der Waals surface area contributed by atoms with Crippen LogP contribution >= 0.6 is 0 Å². The molecule has 6 heteroatoms. The summed E-state index contributed by atoms with van der Waals surface area (Å²) in [7, 11) is 1.67. The molecule has 2 rings (SSSR count). The van der Waals surface area contributed by atoms with Crippen molar-refractivity contribution < 1.29 is 19.4 Å². The highest BCUT2D eigenvalue weighted by Crippen LogP contribution is 2.21. The van der Waals surface area contributed by atoms with Gasteiger partial charge in [0.15, 0.2) is 0 Å². The zero-order chi connectivity index (χ0) is 15.6. The third kappa shape index (κ3) is 3.33. The SMILES string of the molecule is Cc1ccc(N(C)C(=O)NC2COCC2C(=O)O)c(C)c1. The second-order valence-corrected chi connectivity index (χ2v) is 5.39. The number of hydrogen-bond donors (Lipinski definition) is 2. The number of benzene rings is 1. The summed E-state index contributed by atoms with van der Waals surface area (Å²) < 4.78 is 5.14. The maximum atomic E-state index is 12.3. The molecule has 1 heterocycles. The lowest BCUT2D eigenvalue weighted by Crippen LogP contribution is -2.48. The van der Waals surface area contributed by atoms with E-state index in [0.717, 1.165) is 16.8 Å². The van der Waals surface area contributed by atoms with Gasteiger partial charge < -0.3 is 15.2 Å². The van der Waals surface area contributed by atoms with Crippen molar-refractivity contribution in [2.24, 2.45) is 5.92 Å². The van der Waals surface area contributed by atoms with E-state index in [1.807, 2.05) is 32.0 Å². The monoisotopic (exact) mass is 292 g/mol. The van der Waals surface area contributed by atoms with E-state index in [1.54, 1.807) is 7.05 Å². The van der Waals surface area contributed by atoms with E-state index in [4.69, 9.17) is 9.84 Å². The summed E-state index contributed by atoms with van der Waals surface area (Å²) in [6.07, 6.45) is 0. The van der Waals surface area contributed by atoms with Gasteiger partial charge in [0.25, 0.3) is 0 Å². The van der Waals surface area contributed by atoms with Crippen LogP contribution in [0.3, 0.4) is 0 Å². The van der Waals surface area contributed by atoms with Crippen LogP contribution in [0.2, 0.25) is 0 Å². The Balaban J connectivity index is 2.07. The predicted molar refractivity (Wildman–Crippen MR) is 78.6 cm³/mol. The number of urea groups is 1. The molecule has 1 aromatic carbocycles. The molecule has 0 spiro atoms. The van der Waals surface area contributed by atoms with Crippen LogP contribution in [0.5, 0.6) is 0 Å². The van der Waals surface area contributed by atoms with Crippen molar-refractivity contribution in [2.75, 3.05) is 25.2 Å². The van der Waals surface area contributed by atoms with Crippen molar-refractivity contribution in [3.8, 4) is 0 Å². The molecule has 1 fully saturated rings. The third-order valence-electron chi connectivity index (χ3n) is 3.72. The quantitative estimate of drug-likeness (QED) is 0.886. The van der Waals surface area contributed by atoms with Crippen LogP contribution in [-0.4, -0.2) is 43.4 Å². The van der Waals surface area contributed by atoms with Gasteiger partial charge in [-0.1, -0.05) is 17.7 Å². The number of carboxylic acid groups (broad SMARTS) is 1. The van der Waals surface area contributed by atoms with Gasteiger partial charge in [-0.3, -0.25) is 9.69 Å². The summed E-state index contributed by atoms with van der Waals surface area (Å²) in [4.78, 5) is 24.8. The van der Waals surface area contributed by atoms with E-state index in [2.05, 4.69) is 5.32 Å². The number of carbonyl (C=O) groups is 2. The number of aliphatic carboxylic acids is 1. The minimum absolute atomic E-state index is 0.132. The number of anilines is 1. The number of amides is 2. The van der Waals surface area contributed by atoms with Crippen LogP contribution in [0.25, 0.3) is 0 Å². The minimum Gasteiger partial charge on any atom is -0.481 e. The summed E-state index contributed by atoms with van der Waals surface area (Å²) in [6, 6.07) is 4.99. The molecule has 1 aliphatic rings. The highest BCUT2D eigenvalue weighted by atomic mass is 16.5. The van der Waals surface area contributed by atoms with E-state index in [1.165, 1.54) is 4.90 Å². The van der Waals surface area contributed by atoms with E-state index in [9.17, 15) is 9.59 Å². The number of carbonyl (C=O) groups excluding carboxylic acids is 1. The van der Waals surface area contributed by atoms with Crippen LogP contribution in [0.15, 0.2) is 18.2 Å². The molecule has 21 heavy (non-hydrogen) atoms. The first kappa shape index (κ1) is 15.3. The summed E-state index contributed by atoms with van der Waals surface area (Å²) >= 11 is 0. The first-order chi connectivity index (χ1) is 9.90. The van der Waals surface area contributed by atoms with Crippen molar-refractivity contribution in [2.45, 2.75) is 19.9 Å². The Labute approximate surface area is 123 Å². The third-order valence-corrected chi connectivity index (χ3v) is 3.72. The molecule has 0 aliphatic carbocycles. The molecular weight excluding hydrogens is 272 g/mol. The van der Waals surface area contributed by atoms with E-state index < -0.39 is 17.9 Å². The summed E-state index contributed by atoms with van der Waals surface area (Å²) in [5.41, 5.74) is 2.91. The Kier molecular flexibility index (Phi) is 4.47. The van der Waals surface area contributed by atoms with E-state index in [-0.39, 0.29) is 19.2 Å². The molecule has 0 bridgehead atoms. The number of carboxylic acids is 1. The smallest absolute Gasteiger partial charge is 0.321 e. The predicted octanol–water partition coefficient (Wildman–Crippen LogP) is 1.55. The Morgan fingerprint density at radius 3 is 2.67 bits per heavy atom. The van der Waals surface area contributed by atoms with Crippen molar-refractivity contribution in [3.05, 3.63) is 29.3 Å². The van der Waals surface area contributed by atoms with Gasteiger partial charge in [-0.2, -0.15) is 0 Å². The van der Waals surface area contributed by atoms with Gasteiger partial charge in [0.05, 0.1) is 19.3 Å². The number of aryl methyl sites for hydroxylation is 2. The zero-order valence-electron chi connectivity index (χ0n) is 12.4. The number of hydrogen-bond acceptors (Lipinski definition) is 3. The fourth-order valence-corrected chi connectivity index (χ4v) is 2.49. The second kappa shape index (κ2) is 6.13. The standard InChI is InChI=1S/C15H20N2O4/c1-9-4-5-13(10(2)6-9)17(3)15(20)16-12-8-21-7-11(12)14(18)19/h4-6,11-12H,7-8H2,1-3H3,(H,16,20)(H,18,19). The highest BCUT2D eigenvalue weighted by molar-refractivity contribution is 5.92. The lowest BCUT2D eigenvalue weighted by Gasteiger charge is -2.23. The van der Waals surface area contributed by atoms with Gasteiger partial charge in [0.2, 0.25) is 0 Å². The van der Waals surface area contributed by atoms with Gasteiger partial charge in [-0.25, -0.2) is 4.79 Å². The first-order valence-electron chi connectivity index (χ1n) is 6.82. The summed E-state index contributed by atoms with van der Waals surface area (Å²) in [5, 5.41) is 11.8. The molecule has 1 aliphatic heterocycles. The molecular formula is C15H20N2O4. The molecule has 0 radical (unpaired) electrons. The number of nitrogens with zero attached hydrogens (tertiary/aromatic N) is 1. The molecule has 6 nitrogen and oxygen atoms in total. The van der Waals surface area contributed by atoms with Crippen molar-refractivity contribution in [3.63, 3.8) is 0 Å². The summed E-state index contributed by atoms with van der Waals surface area (Å²) in [5.74, 6) is -1.64. The lowest BCUT2D eigenvalue weighted by atomic mass is 10.0. The minimum atomic E-state index is -0.952. The Hall–Kier alpha value is -2.08. The maximum Gasteiger partial charge on any atom is 0.321 e. The van der Waals surface area contributed by atoms with Gasteiger partial charge in [0, 0.05) is 12.7 Å². The molecule has 2 unspecified atom stereocenters. The van der Waals surface area contributed by atoms with Crippen LogP contribution < -0.4 is 10.2 Å². The Bertz CT molecular complexity index is 559. The average Bonchev–Trinajstić information content (AvgIpc) is 2.86. The van der Waals surface area contributed by atoms with Crippen molar-refractivity contribution >= 4 is 17.7 Å². The fraction of sp³-hybridized carbons (Fsp3) is 0.467. The molecule has 0 saturated carbocycles. The van der Waals surface area contributed by atoms with Crippen LogP contribution in [0, 0.1) is 19.8 Å². The van der Waals surface area contributed by atoms with Gasteiger partial charge >= 0.3 is 12.0 Å². The van der Waals surface area contributed by atoms with Gasteiger partial charge in [-0.05, 0) is 25.5 Å². The van der Waals surface area contributed by atoms with Crippen LogP contribution in [0.4, 0.5) is 10.5 Å². The fourth-order valence-electron chi connectivity index (χ4n) is 2.49. The molecule has 1 saturated heterocycles. The second-order valence-electron chi connectivity index (χ2n) is 5.39. The van der Waals surface area contributed by atoms with E-state index in [0.29, 0.717) is 0 Å². The van der Waals surface area contributed by atoms with Crippen LogP contribution in [-0.2, 0) is 9.53 Å². The van der Waals surface area contributed by atoms with Gasteiger partial charge in [-0.15, -0.1) is 0 Å². The van der Waals surface area contributed by atoms with Gasteiger partial charge in [0.1, 0.15) is 5.92 Å². The Morgan fingerprint density at radius 2 is 2.05 bits per heavy atom. The van der Waals surface area contributed by atoms with Crippen molar-refractivity contribution in [1.29, 1.82) is 0 Å². The number of rotatable bonds is 3. The van der Waals surface area contributed by atoms with E-state index >= 15 is 0 Å². The number of ether oxygens (including phenoxy) is 1. The van der Waals surface area contributed by atoms with Crippen LogP contribution in [0.1, 0.15) is 11.1 Å². The normalized spacial score (nSPS) is 21.1. The lowest BCUT2D eigenvalue weighted by molar-refractivity contribution is -0.142. The topological polar surface area (TPSA) is 78.9 Å². The molecule has 1 aromatic rings. The molecule has 2 amide bonds. The number of nitrogens with one attached hydrogen (secondary N) is 1. The largest absolute Gasteiger partial charge is 0.481 e. The highest BCUT2D eigenvalue weighted by Gasteiger charge is 2.35. The summed E-state index contributed by atoms with van der Waals surface area (Å²) in [6.45, 7) is 4.28. The maximum absolute atomic E-state index is 12.3. The van der Waals surface area contributed by atoms with Crippen molar-refractivity contribution in [1.82, 2.24) is 5.32 Å². The molecule has 2 N–H and O–H groups in total. The first-order valence-corrected chi connectivity index (χ1v) is 6.82. The average molecular weight is 292 g/mol. The molecule has 0 aromatic heterocycles. The molecule has 2 atom stereocenters.